The van der Waals surface area contributed by atoms with Gasteiger partial charge in [-0.2, -0.15) is 5.10 Å². The van der Waals surface area contributed by atoms with E-state index in [4.69, 9.17) is 0 Å². The molecule has 0 unspecified atom stereocenters. The Morgan fingerprint density at radius 1 is 1.43 bits per heavy atom. The van der Waals surface area contributed by atoms with Crippen molar-refractivity contribution in [1.29, 1.82) is 0 Å². The van der Waals surface area contributed by atoms with E-state index >= 15 is 0 Å². The number of nitrogens with zero attached hydrogens (tertiary/aromatic N) is 2. The first-order valence-electron chi connectivity index (χ1n) is 7.50. The van der Waals surface area contributed by atoms with E-state index in [0.717, 1.165) is 24.8 Å². The van der Waals surface area contributed by atoms with Gasteiger partial charge in [0.25, 0.3) is 0 Å². The van der Waals surface area contributed by atoms with Gasteiger partial charge in [0.1, 0.15) is 0 Å². The zero-order valence-electron chi connectivity index (χ0n) is 12.6. The van der Waals surface area contributed by atoms with Crippen LogP contribution in [0.5, 0.6) is 0 Å². The number of hydrogen-bond acceptors (Lipinski definition) is 2. The summed E-state index contributed by atoms with van der Waals surface area (Å²) in [7, 11) is 1.97. The number of hydrogen-bond donors (Lipinski definition) is 1. The summed E-state index contributed by atoms with van der Waals surface area (Å²) in [5.41, 5.74) is 4.69. The molecule has 110 valence electrons. The molecule has 1 aliphatic carbocycles. The lowest BCUT2D eigenvalue weighted by Crippen LogP contribution is -2.32. The first-order valence-corrected chi connectivity index (χ1v) is 7.50. The molecular weight excluding hydrogens is 262 g/mol. The molecule has 1 aromatic carbocycles. The zero-order chi connectivity index (χ0) is 14.8. The van der Waals surface area contributed by atoms with Crippen molar-refractivity contribution in [2.45, 2.75) is 38.6 Å². The Kier molecular flexibility index (Phi) is 3.78. The van der Waals surface area contributed by atoms with Crippen LogP contribution in [0.15, 0.2) is 30.5 Å². The number of aryl methyl sites for hydroxylation is 2. The third kappa shape index (κ3) is 2.84. The second-order valence-corrected chi connectivity index (χ2v) is 5.79. The monoisotopic (exact) mass is 283 g/mol. The molecule has 4 heteroatoms. The lowest BCUT2D eigenvalue weighted by molar-refractivity contribution is -0.121. The molecule has 0 spiro atoms. The van der Waals surface area contributed by atoms with E-state index in [-0.39, 0.29) is 11.9 Å². The molecule has 0 aliphatic heterocycles. The van der Waals surface area contributed by atoms with Gasteiger partial charge >= 0.3 is 0 Å². The predicted octanol–water partition coefficient (Wildman–Crippen LogP) is 2.46. The summed E-state index contributed by atoms with van der Waals surface area (Å²) in [5, 5.41) is 7.49. The van der Waals surface area contributed by atoms with Crippen LogP contribution in [0.3, 0.4) is 0 Å². The number of fused-ring (bicyclic) bond motifs is 1. The number of amides is 1. The number of aromatic nitrogens is 2. The van der Waals surface area contributed by atoms with Crippen LogP contribution in [0.1, 0.15) is 41.3 Å². The lowest BCUT2D eigenvalue weighted by atomic mass is 9.92. The van der Waals surface area contributed by atoms with E-state index < -0.39 is 0 Å². The average Bonchev–Trinajstić information content (AvgIpc) is 2.84. The van der Waals surface area contributed by atoms with Crippen molar-refractivity contribution in [3.8, 4) is 0 Å². The summed E-state index contributed by atoms with van der Waals surface area (Å²) >= 11 is 0. The van der Waals surface area contributed by atoms with Crippen LogP contribution in [0.2, 0.25) is 0 Å². The molecule has 1 N–H and O–H groups in total. The van der Waals surface area contributed by atoms with Gasteiger partial charge in [0.15, 0.2) is 0 Å². The van der Waals surface area contributed by atoms with Crippen molar-refractivity contribution in [2.24, 2.45) is 7.05 Å². The van der Waals surface area contributed by atoms with Crippen molar-refractivity contribution in [1.82, 2.24) is 15.1 Å². The van der Waals surface area contributed by atoms with E-state index in [2.05, 4.69) is 10.4 Å². The standard InChI is InChI=1S/C17H21N3O/c1-12-6-3-4-7-13(12)10-17(21)19-15-8-5-9-16-14(15)11-18-20(16)2/h3-4,6-7,11,15H,5,8-10H2,1-2H3,(H,19,21)/t15-/m0/s1. The van der Waals surface area contributed by atoms with Crippen LogP contribution in [0, 0.1) is 6.92 Å². The highest BCUT2D eigenvalue weighted by molar-refractivity contribution is 5.79. The minimum absolute atomic E-state index is 0.0889. The maximum Gasteiger partial charge on any atom is 0.224 e. The Labute approximate surface area is 125 Å². The van der Waals surface area contributed by atoms with Gasteiger partial charge in [-0.1, -0.05) is 24.3 Å². The molecule has 21 heavy (non-hydrogen) atoms. The zero-order valence-corrected chi connectivity index (χ0v) is 12.6. The molecule has 0 saturated carbocycles. The molecule has 1 amide bonds. The number of carbonyl (C=O) groups excluding carboxylic acids is 1. The summed E-state index contributed by atoms with van der Waals surface area (Å²) in [6.45, 7) is 2.04. The van der Waals surface area contributed by atoms with E-state index in [1.165, 1.54) is 16.8 Å². The Morgan fingerprint density at radius 3 is 3.05 bits per heavy atom. The second-order valence-electron chi connectivity index (χ2n) is 5.79. The fourth-order valence-electron chi connectivity index (χ4n) is 3.08. The Balaban J connectivity index is 1.70. The first kappa shape index (κ1) is 13.9. The molecule has 2 aromatic rings. The largest absolute Gasteiger partial charge is 0.349 e. The van der Waals surface area contributed by atoms with Crippen molar-refractivity contribution in [2.75, 3.05) is 0 Å². The highest BCUT2D eigenvalue weighted by atomic mass is 16.1. The normalized spacial score (nSPS) is 17.3. The summed E-state index contributed by atoms with van der Waals surface area (Å²) < 4.78 is 1.93. The molecular formula is C17H21N3O. The smallest absolute Gasteiger partial charge is 0.224 e. The third-order valence-electron chi connectivity index (χ3n) is 4.32. The van der Waals surface area contributed by atoms with Crippen LogP contribution >= 0.6 is 0 Å². The number of nitrogens with one attached hydrogen (secondary N) is 1. The van der Waals surface area contributed by atoms with Gasteiger partial charge in [-0.05, 0) is 37.3 Å². The first-order chi connectivity index (χ1) is 10.1. The Bertz CT molecular complexity index is 660. The molecule has 4 nitrogen and oxygen atoms in total. The van der Waals surface area contributed by atoms with Crippen molar-refractivity contribution >= 4 is 5.91 Å². The fraction of sp³-hybridized carbons (Fsp3) is 0.412. The van der Waals surface area contributed by atoms with E-state index in [9.17, 15) is 4.79 Å². The molecule has 0 radical (unpaired) electrons. The quantitative estimate of drug-likeness (QED) is 0.940. The molecule has 0 fully saturated rings. The second kappa shape index (κ2) is 5.72. The van der Waals surface area contributed by atoms with Crippen molar-refractivity contribution in [3.05, 3.63) is 52.8 Å². The van der Waals surface area contributed by atoms with Crippen LogP contribution in [0.25, 0.3) is 0 Å². The van der Waals surface area contributed by atoms with Gasteiger partial charge in [-0.15, -0.1) is 0 Å². The highest BCUT2D eigenvalue weighted by Crippen LogP contribution is 2.29. The van der Waals surface area contributed by atoms with Gasteiger partial charge in [-0.3, -0.25) is 9.48 Å². The molecule has 3 rings (SSSR count). The molecule has 1 atom stereocenters. The van der Waals surface area contributed by atoms with E-state index in [0.29, 0.717) is 6.42 Å². The average molecular weight is 283 g/mol. The minimum atomic E-state index is 0.0889. The van der Waals surface area contributed by atoms with Gasteiger partial charge in [0.2, 0.25) is 5.91 Å². The Morgan fingerprint density at radius 2 is 2.24 bits per heavy atom. The van der Waals surface area contributed by atoms with E-state index in [1.807, 2.05) is 49.1 Å². The summed E-state index contributed by atoms with van der Waals surface area (Å²) in [6, 6.07) is 8.15. The SMILES string of the molecule is Cc1ccccc1CC(=O)N[C@H]1CCCc2c1cnn2C. The number of carbonyl (C=O) groups is 1. The van der Waals surface area contributed by atoms with Crippen molar-refractivity contribution < 1.29 is 4.79 Å². The molecule has 1 aromatic heterocycles. The number of benzene rings is 1. The summed E-state index contributed by atoms with van der Waals surface area (Å²) in [5.74, 6) is 0.0889. The summed E-state index contributed by atoms with van der Waals surface area (Å²) in [6.07, 6.45) is 5.49. The van der Waals surface area contributed by atoms with Crippen molar-refractivity contribution in [3.63, 3.8) is 0 Å². The van der Waals surface area contributed by atoms with Gasteiger partial charge in [-0.25, -0.2) is 0 Å². The molecule has 0 saturated heterocycles. The highest BCUT2D eigenvalue weighted by Gasteiger charge is 2.24. The van der Waals surface area contributed by atoms with Gasteiger partial charge < -0.3 is 5.32 Å². The van der Waals surface area contributed by atoms with Crippen LogP contribution in [0.4, 0.5) is 0 Å². The Hall–Kier alpha value is -2.10. The van der Waals surface area contributed by atoms with Crippen LogP contribution in [-0.2, 0) is 24.7 Å². The molecule has 1 heterocycles. The van der Waals surface area contributed by atoms with Crippen LogP contribution in [-0.4, -0.2) is 15.7 Å². The lowest BCUT2D eigenvalue weighted by Gasteiger charge is -2.24. The molecule has 0 bridgehead atoms. The van der Waals surface area contributed by atoms with Crippen LogP contribution < -0.4 is 5.32 Å². The fourth-order valence-corrected chi connectivity index (χ4v) is 3.08. The predicted molar refractivity (Wildman–Crippen MR) is 81.9 cm³/mol. The van der Waals surface area contributed by atoms with Gasteiger partial charge in [0.05, 0.1) is 18.7 Å². The molecule has 1 aliphatic rings. The maximum atomic E-state index is 12.3. The third-order valence-corrected chi connectivity index (χ3v) is 4.32. The maximum absolute atomic E-state index is 12.3. The van der Waals surface area contributed by atoms with Gasteiger partial charge in [0, 0.05) is 18.3 Å². The summed E-state index contributed by atoms with van der Waals surface area (Å²) in [4.78, 5) is 12.3. The number of rotatable bonds is 3. The van der Waals surface area contributed by atoms with E-state index in [1.54, 1.807) is 0 Å². The minimum Gasteiger partial charge on any atom is -0.349 e. The topological polar surface area (TPSA) is 46.9 Å².